The van der Waals surface area contributed by atoms with Gasteiger partial charge in [0.25, 0.3) is 0 Å². The van der Waals surface area contributed by atoms with E-state index >= 15 is 0 Å². The Bertz CT molecular complexity index is 563. The van der Waals surface area contributed by atoms with E-state index in [4.69, 9.17) is 9.73 Å². The van der Waals surface area contributed by atoms with Gasteiger partial charge in [0, 0.05) is 32.2 Å². The molecule has 3 rings (SSSR count). The first-order valence-corrected chi connectivity index (χ1v) is 10.3. The summed E-state index contributed by atoms with van der Waals surface area (Å²) in [7, 11) is 0. The van der Waals surface area contributed by atoms with E-state index in [0.717, 1.165) is 51.9 Å². The molecule has 0 spiro atoms. The fourth-order valence-corrected chi connectivity index (χ4v) is 3.79. The molecule has 0 aromatic heterocycles. The van der Waals surface area contributed by atoms with Crippen molar-refractivity contribution in [1.82, 2.24) is 15.5 Å². The molecule has 1 saturated carbocycles. The molecular formula is C21H34N4O. The molecule has 0 bridgehead atoms. The minimum atomic E-state index is 0.574. The Morgan fingerprint density at radius 2 is 1.85 bits per heavy atom. The van der Waals surface area contributed by atoms with Gasteiger partial charge >= 0.3 is 0 Å². The topological polar surface area (TPSA) is 48.9 Å². The van der Waals surface area contributed by atoms with Gasteiger partial charge in [-0.1, -0.05) is 43.5 Å². The highest BCUT2D eigenvalue weighted by Gasteiger charge is 2.15. The lowest BCUT2D eigenvalue weighted by molar-refractivity contribution is 0.0341. The molecule has 2 aliphatic rings. The van der Waals surface area contributed by atoms with Gasteiger partial charge in [-0.15, -0.1) is 0 Å². The van der Waals surface area contributed by atoms with Crippen LogP contribution >= 0.6 is 0 Å². The van der Waals surface area contributed by atoms with Crippen LogP contribution in [0.3, 0.4) is 0 Å². The van der Waals surface area contributed by atoms with E-state index in [1.165, 1.54) is 43.2 Å². The van der Waals surface area contributed by atoms with Crippen molar-refractivity contribution in [2.75, 3.05) is 32.8 Å². The smallest absolute Gasteiger partial charge is 0.191 e. The summed E-state index contributed by atoms with van der Waals surface area (Å²) >= 11 is 0. The van der Waals surface area contributed by atoms with Crippen molar-refractivity contribution in [2.45, 2.75) is 58.2 Å². The first-order valence-electron chi connectivity index (χ1n) is 10.3. The number of hydrogen-bond donors (Lipinski definition) is 2. The predicted octanol–water partition coefficient (Wildman–Crippen LogP) is 2.91. The van der Waals surface area contributed by atoms with Crippen LogP contribution in [-0.2, 0) is 17.8 Å². The molecule has 5 heteroatoms. The quantitative estimate of drug-likeness (QED) is 0.606. The third kappa shape index (κ3) is 5.99. The molecule has 1 saturated heterocycles. The number of benzene rings is 1. The van der Waals surface area contributed by atoms with Crippen LogP contribution in [-0.4, -0.2) is 49.7 Å². The highest BCUT2D eigenvalue weighted by Crippen LogP contribution is 2.17. The number of guanidine groups is 1. The SMILES string of the molecule is CCNC(=NCc1ccccc1CN1CCOCC1)NC1CCCCC1. The summed E-state index contributed by atoms with van der Waals surface area (Å²) in [6.07, 6.45) is 6.57. The zero-order valence-electron chi connectivity index (χ0n) is 16.2. The Balaban J connectivity index is 1.62. The highest BCUT2D eigenvalue weighted by molar-refractivity contribution is 5.80. The fourth-order valence-electron chi connectivity index (χ4n) is 3.79. The number of nitrogens with one attached hydrogen (secondary N) is 2. The summed E-state index contributed by atoms with van der Waals surface area (Å²) in [6, 6.07) is 9.28. The van der Waals surface area contributed by atoms with Gasteiger partial charge in [-0.3, -0.25) is 4.90 Å². The van der Waals surface area contributed by atoms with Crippen molar-refractivity contribution >= 4 is 5.96 Å². The van der Waals surface area contributed by atoms with Crippen molar-refractivity contribution in [3.8, 4) is 0 Å². The lowest BCUT2D eigenvalue weighted by Crippen LogP contribution is -2.44. The molecule has 1 aromatic carbocycles. The maximum atomic E-state index is 5.47. The second-order valence-electron chi connectivity index (χ2n) is 7.33. The van der Waals surface area contributed by atoms with Gasteiger partial charge in [0.1, 0.15) is 0 Å². The number of ether oxygens (including phenoxy) is 1. The van der Waals surface area contributed by atoms with Crippen LogP contribution in [0, 0.1) is 0 Å². The Labute approximate surface area is 158 Å². The van der Waals surface area contributed by atoms with E-state index in [0.29, 0.717) is 6.04 Å². The van der Waals surface area contributed by atoms with E-state index in [1.54, 1.807) is 0 Å². The minimum Gasteiger partial charge on any atom is -0.379 e. The Hall–Kier alpha value is -1.59. The first kappa shape index (κ1) is 19.2. The predicted molar refractivity (Wildman–Crippen MR) is 107 cm³/mol. The molecule has 1 aliphatic heterocycles. The number of nitrogens with zero attached hydrogens (tertiary/aromatic N) is 2. The number of aliphatic imine (C=N–C) groups is 1. The van der Waals surface area contributed by atoms with Crippen LogP contribution < -0.4 is 10.6 Å². The third-order valence-corrected chi connectivity index (χ3v) is 5.31. The molecule has 0 unspecified atom stereocenters. The molecule has 0 atom stereocenters. The van der Waals surface area contributed by atoms with E-state index in [1.807, 2.05) is 0 Å². The second kappa shape index (κ2) is 10.5. The summed E-state index contributed by atoms with van der Waals surface area (Å²) < 4.78 is 5.47. The first-order chi connectivity index (χ1) is 12.8. The van der Waals surface area contributed by atoms with Gasteiger partial charge in [0.15, 0.2) is 5.96 Å². The monoisotopic (exact) mass is 358 g/mol. The Morgan fingerprint density at radius 1 is 1.12 bits per heavy atom. The molecule has 5 nitrogen and oxygen atoms in total. The highest BCUT2D eigenvalue weighted by atomic mass is 16.5. The molecule has 0 radical (unpaired) electrons. The van der Waals surface area contributed by atoms with E-state index in [2.05, 4.69) is 46.7 Å². The van der Waals surface area contributed by atoms with Crippen LogP contribution in [0.15, 0.2) is 29.3 Å². The third-order valence-electron chi connectivity index (χ3n) is 5.31. The number of morpholine rings is 1. The maximum Gasteiger partial charge on any atom is 0.191 e. The molecule has 0 amide bonds. The lowest BCUT2D eigenvalue weighted by atomic mass is 9.96. The summed E-state index contributed by atoms with van der Waals surface area (Å²) in [5.74, 6) is 0.959. The van der Waals surface area contributed by atoms with Gasteiger partial charge in [-0.2, -0.15) is 0 Å². The molecule has 1 aromatic rings. The maximum absolute atomic E-state index is 5.47. The van der Waals surface area contributed by atoms with Crippen LogP contribution in [0.1, 0.15) is 50.2 Å². The molecule has 1 heterocycles. The van der Waals surface area contributed by atoms with Gasteiger partial charge in [-0.05, 0) is 30.9 Å². The van der Waals surface area contributed by atoms with Gasteiger partial charge < -0.3 is 15.4 Å². The van der Waals surface area contributed by atoms with Crippen molar-refractivity contribution in [3.63, 3.8) is 0 Å². The summed E-state index contributed by atoms with van der Waals surface area (Å²) in [6.45, 7) is 8.46. The fraction of sp³-hybridized carbons (Fsp3) is 0.667. The van der Waals surface area contributed by atoms with E-state index in [-0.39, 0.29) is 0 Å². The van der Waals surface area contributed by atoms with Crippen molar-refractivity contribution in [2.24, 2.45) is 4.99 Å². The summed E-state index contributed by atoms with van der Waals surface area (Å²) in [5, 5.41) is 7.05. The van der Waals surface area contributed by atoms with Gasteiger partial charge in [-0.25, -0.2) is 4.99 Å². The largest absolute Gasteiger partial charge is 0.379 e. The van der Waals surface area contributed by atoms with E-state index < -0.39 is 0 Å². The molecule has 26 heavy (non-hydrogen) atoms. The molecule has 144 valence electrons. The van der Waals surface area contributed by atoms with Gasteiger partial charge in [0.2, 0.25) is 0 Å². The Kier molecular flexibility index (Phi) is 7.77. The lowest BCUT2D eigenvalue weighted by Gasteiger charge is -2.27. The van der Waals surface area contributed by atoms with Gasteiger partial charge in [0.05, 0.1) is 19.8 Å². The van der Waals surface area contributed by atoms with E-state index in [9.17, 15) is 0 Å². The van der Waals surface area contributed by atoms with Crippen molar-refractivity contribution in [3.05, 3.63) is 35.4 Å². The Morgan fingerprint density at radius 3 is 2.58 bits per heavy atom. The van der Waals surface area contributed by atoms with Crippen molar-refractivity contribution in [1.29, 1.82) is 0 Å². The average molecular weight is 359 g/mol. The van der Waals surface area contributed by atoms with Crippen LogP contribution in [0.25, 0.3) is 0 Å². The standard InChI is InChI=1S/C21H34N4O/c1-2-22-21(24-20-10-4-3-5-11-20)23-16-18-8-6-7-9-19(18)17-25-12-14-26-15-13-25/h6-9,20H,2-5,10-17H2,1H3,(H2,22,23,24). The molecule has 1 aliphatic carbocycles. The van der Waals surface area contributed by atoms with Crippen LogP contribution in [0.2, 0.25) is 0 Å². The number of rotatable bonds is 6. The molecule has 2 N–H and O–H groups in total. The average Bonchev–Trinajstić information content (AvgIpc) is 2.69. The van der Waals surface area contributed by atoms with Crippen molar-refractivity contribution < 1.29 is 4.74 Å². The summed E-state index contributed by atoms with van der Waals surface area (Å²) in [5.41, 5.74) is 2.70. The zero-order chi connectivity index (χ0) is 18.0. The number of hydrogen-bond acceptors (Lipinski definition) is 3. The minimum absolute atomic E-state index is 0.574. The normalized spacial score (nSPS) is 20.1. The van der Waals surface area contributed by atoms with Crippen LogP contribution in [0.4, 0.5) is 0 Å². The summed E-state index contributed by atoms with van der Waals surface area (Å²) in [4.78, 5) is 7.35. The second-order valence-corrected chi connectivity index (χ2v) is 7.33. The molecular weight excluding hydrogens is 324 g/mol. The molecule has 2 fully saturated rings. The van der Waals surface area contributed by atoms with Crippen LogP contribution in [0.5, 0.6) is 0 Å². The zero-order valence-corrected chi connectivity index (χ0v) is 16.2.